The van der Waals surface area contributed by atoms with Crippen LogP contribution in [0.25, 0.3) is 0 Å². The lowest BCUT2D eigenvalue weighted by molar-refractivity contribution is -0.121. The van der Waals surface area contributed by atoms with Gasteiger partial charge in [-0.05, 0) is 5.56 Å². The molecule has 0 spiro atoms. The van der Waals surface area contributed by atoms with Crippen molar-refractivity contribution in [2.45, 2.75) is 6.42 Å². The topological polar surface area (TPSA) is 84.0 Å². The van der Waals surface area contributed by atoms with Crippen LogP contribution in [0.5, 0.6) is 0 Å². The Morgan fingerprint density at radius 1 is 1.05 bits per heavy atom. The third-order valence-electron chi connectivity index (χ3n) is 2.32. The summed E-state index contributed by atoms with van der Waals surface area (Å²) in [5.41, 5.74) is 5.61. The number of carbonyl (C=O) groups is 2. The molecule has 0 bridgehead atoms. The number of nitrogens with one attached hydrogen (secondary N) is 2. The van der Waals surface area contributed by atoms with Crippen LogP contribution >= 0.6 is 0 Å². The molecule has 6 heteroatoms. The van der Waals surface area contributed by atoms with Crippen molar-refractivity contribution in [2.75, 3.05) is 0 Å². The van der Waals surface area contributed by atoms with E-state index in [4.69, 9.17) is 0 Å². The number of aromatic nitrogens is 2. The monoisotopic (exact) mass is 256 g/mol. The zero-order valence-corrected chi connectivity index (χ0v) is 10.0. The van der Waals surface area contributed by atoms with Gasteiger partial charge in [0.1, 0.15) is 5.69 Å². The second kappa shape index (κ2) is 6.25. The van der Waals surface area contributed by atoms with Crippen LogP contribution in [0.2, 0.25) is 0 Å². The van der Waals surface area contributed by atoms with Crippen LogP contribution in [0, 0.1) is 0 Å². The summed E-state index contributed by atoms with van der Waals surface area (Å²) in [6, 6.07) is 9.24. The molecule has 0 aliphatic heterocycles. The molecule has 6 nitrogen and oxygen atoms in total. The van der Waals surface area contributed by atoms with Gasteiger partial charge in [0.2, 0.25) is 5.91 Å². The summed E-state index contributed by atoms with van der Waals surface area (Å²) in [6.45, 7) is 0. The molecule has 0 saturated heterocycles. The molecule has 2 N–H and O–H groups in total. The van der Waals surface area contributed by atoms with E-state index >= 15 is 0 Å². The van der Waals surface area contributed by atoms with Crippen molar-refractivity contribution in [2.24, 2.45) is 0 Å². The van der Waals surface area contributed by atoms with E-state index in [9.17, 15) is 9.59 Å². The summed E-state index contributed by atoms with van der Waals surface area (Å²) < 4.78 is 0. The van der Waals surface area contributed by atoms with Crippen molar-refractivity contribution in [1.82, 2.24) is 20.8 Å². The second-order valence-corrected chi connectivity index (χ2v) is 3.76. The van der Waals surface area contributed by atoms with Crippen molar-refractivity contribution < 1.29 is 9.59 Å². The van der Waals surface area contributed by atoms with Crippen molar-refractivity contribution in [3.8, 4) is 0 Å². The van der Waals surface area contributed by atoms with Crippen LogP contribution in [-0.2, 0) is 11.2 Å². The van der Waals surface area contributed by atoms with Crippen molar-refractivity contribution >= 4 is 11.8 Å². The summed E-state index contributed by atoms with van der Waals surface area (Å²) in [5.74, 6) is -0.807. The van der Waals surface area contributed by atoms with Crippen LogP contribution in [0.3, 0.4) is 0 Å². The zero-order valence-electron chi connectivity index (χ0n) is 10.0. The number of hydrazine groups is 1. The number of carbonyl (C=O) groups excluding carboxylic acids is 2. The van der Waals surface area contributed by atoms with Gasteiger partial charge in [-0.25, -0.2) is 4.98 Å². The van der Waals surface area contributed by atoms with Gasteiger partial charge in [0, 0.05) is 12.4 Å². The Kier molecular flexibility index (Phi) is 4.17. The third-order valence-corrected chi connectivity index (χ3v) is 2.32. The van der Waals surface area contributed by atoms with E-state index in [1.165, 1.54) is 18.6 Å². The first kappa shape index (κ1) is 12.7. The molecule has 1 aromatic carbocycles. The summed E-state index contributed by atoms with van der Waals surface area (Å²) in [4.78, 5) is 30.7. The quantitative estimate of drug-likeness (QED) is 0.782. The minimum atomic E-state index is -0.505. The molecule has 1 aromatic heterocycles. The van der Waals surface area contributed by atoms with Gasteiger partial charge in [0.15, 0.2) is 0 Å². The Hall–Kier alpha value is -2.76. The Labute approximate surface area is 109 Å². The molecule has 0 radical (unpaired) electrons. The zero-order chi connectivity index (χ0) is 13.5. The van der Waals surface area contributed by atoms with Crippen LogP contribution in [0.15, 0.2) is 48.9 Å². The summed E-state index contributed by atoms with van der Waals surface area (Å²) in [7, 11) is 0. The fraction of sp³-hybridized carbons (Fsp3) is 0.0769. The highest BCUT2D eigenvalue weighted by Crippen LogP contribution is 1.98. The number of hydrogen-bond acceptors (Lipinski definition) is 4. The molecule has 0 fully saturated rings. The first-order valence-electron chi connectivity index (χ1n) is 5.65. The fourth-order valence-corrected chi connectivity index (χ4v) is 1.43. The average molecular weight is 256 g/mol. The van der Waals surface area contributed by atoms with Gasteiger partial charge in [0.25, 0.3) is 5.91 Å². The number of amides is 2. The summed E-state index contributed by atoms with van der Waals surface area (Å²) >= 11 is 0. The predicted octanol–water partition coefficient (Wildman–Crippen LogP) is 0.480. The molecule has 0 aliphatic rings. The molecule has 2 aromatic rings. The van der Waals surface area contributed by atoms with Crippen molar-refractivity contribution in [3.63, 3.8) is 0 Å². The number of nitrogens with zero attached hydrogens (tertiary/aromatic N) is 2. The fourth-order valence-electron chi connectivity index (χ4n) is 1.43. The second-order valence-electron chi connectivity index (χ2n) is 3.76. The lowest BCUT2D eigenvalue weighted by atomic mass is 10.1. The Morgan fingerprint density at radius 3 is 2.53 bits per heavy atom. The maximum Gasteiger partial charge on any atom is 0.289 e. The molecule has 19 heavy (non-hydrogen) atoms. The number of hydrogen-bond donors (Lipinski definition) is 2. The summed E-state index contributed by atoms with van der Waals surface area (Å²) in [5, 5.41) is 0. The van der Waals surface area contributed by atoms with Gasteiger partial charge in [-0.1, -0.05) is 30.3 Å². The van der Waals surface area contributed by atoms with Gasteiger partial charge < -0.3 is 0 Å². The molecule has 2 amide bonds. The first-order valence-corrected chi connectivity index (χ1v) is 5.65. The standard InChI is InChI=1S/C13H12N4O2/c18-12(8-10-4-2-1-3-5-10)16-17-13(19)11-9-14-6-7-15-11/h1-7,9H,8H2,(H,16,18)(H,17,19). The molecular weight excluding hydrogens is 244 g/mol. The molecule has 96 valence electrons. The molecule has 0 aliphatic carbocycles. The van der Waals surface area contributed by atoms with Gasteiger partial charge in [-0.15, -0.1) is 0 Å². The predicted molar refractivity (Wildman–Crippen MR) is 67.8 cm³/mol. The van der Waals surface area contributed by atoms with E-state index in [1.54, 1.807) is 0 Å². The minimum Gasteiger partial charge on any atom is -0.273 e. The molecule has 1 heterocycles. The van der Waals surface area contributed by atoms with E-state index in [0.717, 1.165) is 5.56 Å². The maximum absolute atomic E-state index is 11.6. The highest BCUT2D eigenvalue weighted by molar-refractivity contribution is 5.93. The molecule has 0 atom stereocenters. The average Bonchev–Trinajstić information content (AvgIpc) is 2.47. The van der Waals surface area contributed by atoms with Gasteiger partial charge in [-0.2, -0.15) is 0 Å². The third kappa shape index (κ3) is 3.88. The van der Waals surface area contributed by atoms with E-state index < -0.39 is 5.91 Å². The lowest BCUT2D eigenvalue weighted by Crippen LogP contribution is -2.42. The Morgan fingerprint density at radius 2 is 1.84 bits per heavy atom. The maximum atomic E-state index is 11.6. The molecular formula is C13H12N4O2. The Bertz CT molecular complexity index is 557. The Balaban J connectivity index is 1.83. The normalized spacial score (nSPS) is 9.68. The van der Waals surface area contributed by atoms with Gasteiger partial charge >= 0.3 is 0 Å². The van der Waals surface area contributed by atoms with Crippen LogP contribution in [0.1, 0.15) is 16.1 Å². The highest BCUT2D eigenvalue weighted by atomic mass is 16.2. The van der Waals surface area contributed by atoms with Crippen LogP contribution in [-0.4, -0.2) is 21.8 Å². The SMILES string of the molecule is O=C(Cc1ccccc1)NNC(=O)c1cnccn1. The van der Waals surface area contributed by atoms with E-state index in [1.807, 2.05) is 30.3 Å². The number of benzene rings is 1. The smallest absolute Gasteiger partial charge is 0.273 e. The van der Waals surface area contributed by atoms with Crippen LogP contribution in [0.4, 0.5) is 0 Å². The van der Waals surface area contributed by atoms with E-state index in [0.29, 0.717) is 0 Å². The van der Waals surface area contributed by atoms with E-state index in [2.05, 4.69) is 20.8 Å². The lowest BCUT2D eigenvalue weighted by Gasteiger charge is -2.06. The minimum absolute atomic E-state index is 0.141. The first-order chi connectivity index (χ1) is 9.25. The molecule has 2 rings (SSSR count). The molecule has 0 unspecified atom stereocenters. The van der Waals surface area contributed by atoms with Gasteiger partial charge in [0.05, 0.1) is 12.6 Å². The van der Waals surface area contributed by atoms with Gasteiger partial charge in [-0.3, -0.25) is 25.4 Å². The molecule has 0 saturated carbocycles. The summed E-state index contributed by atoms with van der Waals surface area (Å²) in [6.07, 6.45) is 4.38. The van der Waals surface area contributed by atoms with E-state index in [-0.39, 0.29) is 18.0 Å². The number of rotatable bonds is 3. The van der Waals surface area contributed by atoms with Crippen LogP contribution < -0.4 is 10.9 Å². The highest BCUT2D eigenvalue weighted by Gasteiger charge is 2.08. The largest absolute Gasteiger partial charge is 0.289 e. The van der Waals surface area contributed by atoms with Crippen molar-refractivity contribution in [3.05, 3.63) is 60.2 Å². The van der Waals surface area contributed by atoms with Crippen molar-refractivity contribution in [1.29, 1.82) is 0 Å².